The van der Waals surface area contributed by atoms with E-state index < -0.39 is 0 Å². The van der Waals surface area contributed by atoms with Crippen LogP contribution in [0, 0.1) is 0 Å². The number of aromatic nitrogens is 1. The van der Waals surface area contributed by atoms with E-state index in [2.05, 4.69) is 28.5 Å². The second-order valence-electron chi connectivity index (χ2n) is 5.16. The zero-order chi connectivity index (χ0) is 14.5. The highest BCUT2D eigenvalue weighted by Crippen LogP contribution is 2.15. The average molecular weight is 278 g/mol. The van der Waals surface area contributed by atoms with Gasteiger partial charge < -0.3 is 10.3 Å². The van der Waals surface area contributed by atoms with E-state index in [1.165, 1.54) is 10.9 Å². The molecule has 3 heteroatoms. The summed E-state index contributed by atoms with van der Waals surface area (Å²) in [4.78, 5) is 15.1. The maximum Gasteiger partial charge on any atom is 0.220 e. The summed E-state index contributed by atoms with van der Waals surface area (Å²) < 4.78 is 0. The molecular weight excluding hydrogens is 260 g/mol. The standard InChI is InChI=1S/C18H18N2O/c21-18(20-13-15-4-2-1-3-5-15)9-7-14-6-8-17-16(12-14)10-11-19-17/h1-6,8,10-12,19H,7,9,13H2,(H,20,21). The predicted molar refractivity (Wildman–Crippen MR) is 84.9 cm³/mol. The summed E-state index contributed by atoms with van der Waals surface area (Å²) in [5.74, 6) is 0.0908. The molecule has 1 aromatic heterocycles. The van der Waals surface area contributed by atoms with Crippen molar-refractivity contribution in [2.45, 2.75) is 19.4 Å². The van der Waals surface area contributed by atoms with Gasteiger partial charge in [-0.3, -0.25) is 4.79 Å². The Balaban J connectivity index is 1.51. The monoisotopic (exact) mass is 278 g/mol. The number of carbonyl (C=O) groups is 1. The third-order valence-electron chi connectivity index (χ3n) is 3.59. The lowest BCUT2D eigenvalue weighted by atomic mass is 10.1. The summed E-state index contributed by atoms with van der Waals surface area (Å²) in [6.45, 7) is 0.594. The number of amides is 1. The van der Waals surface area contributed by atoms with Gasteiger partial charge in [-0.15, -0.1) is 0 Å². The van der Waals surface area contributed by atoms with E-state index in [4.69, 9.17) is 0 Å². The Hall–Kier alpha value is -2.55. The number of aromatic amines is 1. The first-order valence-electron chi connectivity index (χ1n) is 7.18. The Morgan fingerprint density at radius 3 is 2.71 bits per heavy atom. The van der Waals surface area contributed by atoms with Gasteiger partial charge in [0.25, 0.3) is 0 Å². The van der Waals surface area contributed by atoms with Gasteiger partial charge in [0, 0.05) is 24.7 Å². The fourth-order valence-corrected chi connectivity index (χ4v) is 2.40. The van der Waals surface area contributed by atoms with Crippen LogP contribution in [0.1, 0.15) is 17.5 Å². The van der Waals surface area contributed by atoms with E-state index in [0.29, 0.717) is 13.0 Å². The molecule has 2 aromatic carbocycles. The molecule has 106 valence electrons. The van der Waals surface area contributed by atoms with Crippen LogP contribution < -0.4 is 5.32 Å². The van der Waals surface area contributed by atoms with E-state index in [1.54, 1.807) is 0 Å². The molecule has 0 atom stereocenters. The molecule has 0 unspecified atom stereocenters. The summed E-state index contributed by atoms with van der Waals surface area (Å²) >= 11 is 0. The highest BCUT2D eigenvalue weighted by atomic mass is 16.1. The molecule has 1 heterocycles. The largest absolute Gasteiger partial charge is 0.361 e. The molecule has 0 bridgehead atoms. The van der Waals surface area contributed by atoms with Crippen LogP contribution in [-0.2, 0) is 17.8 Å². The maximum absolute atomic E-state index is 11.9. The fourth-order valence-electron chi connectivity index (χ4n) is 2.40. The average Bonchev–Trinajstić information content (AvgIpc) is 2.99. The molecule has 2 N–H and O–H groups in total. The summed E-state index contributed by atoms with van der Waals surface area (Å²) in [5.41, 5.74) is 3.45. The number of fused-ring (bicyclic) bond motifs is 1. The second-order valence-corrected chi connectivity index (χ2v) is 5.16. The number of nitrogens with one attached hydrogen (secondary N) is 2. The molecule has 0 radical (unpaired) electrons. The van der Waals surface area contributed by atoms with Crippen LogP contribution in [0.2, 0.25) is 0 Å². The third kappa shape index (κ3) is 3.51. The first-order valence-corrected chi connectivity index (χ1v) is 7.18. The number of hydrogen-bond donors (Lipinski definition) is 2. The Kier molecular flexibility index (Phi) is 4.01. The van der Waals surface area contributed by atoms with Crippen LogP contribution in [-0.4, -0.2) is 10.9 Å². The van der Waals surface area contributed by atoms with Crippen molar-refractivity contribution in [3.63, 3.8) is 0 Å². The quantitative estimate of drug-likeness (QED) is 0.738. The van der Waals surface area contributed by atoms with Crippen molar-refractivity contribution in [3.8, 4) is 0 Å². The Morgan fingerprint density at radius 2 is 1.86 bits per heavy atom. The van der Waals surface area contributed by atoms with E-state index in [0.717, 1.165) is 17.5 Å². The first-order chi connectivity index (χ1) is 10.3. The molecule has 0 saturated carbocycles. The molecule has 3 aromatic rings. The van der Waals surface area contributed by atoms with Crippen LogP contribution in [0.3, 0.4) is 0 Å². The van der Waals surface area contributed by atoms with Gasteiger partial charge in [-0.25, -0.2) is 0 Å². The zero-order valence-electron chi connectivity index (χ0n) is 11.8. The summed E-state index contributed by atoms with van der Waals surface area (Å²) in [6, 6.07) is 18.3. The lowest BCUT2D eigenvalue weighted by Crippen LogP contribution is -2.22. The van der Waals surface area contributed by atoms with Crippen LogP contribution in [0.25, 0.3) is 10.9 Å². The van der Waals surface area contributed by atoms with Crippen LogP contribution >= 0.6 is 0 Å². The van der Waals surface area contributed by atoms with E-state index in [9.17, 15) is 4.79 Å². The van der Waals surface area contributed by atoms with Gasteiger partial charge in [-0.2, -0.15) is 0 Å². The lowest BCUT2D eigenvalue weighted by molar-refractivity contribution is -0.121. The minimum atomic E-state index is 0.0908. The molecule has 21 heavy (non-hydrogen) atoms. The van der Waals surface area contributed by atoms with Crippen molar-refractivity contribution < 1.29 is 4.79 Å². The van der Waals surface area contributed by atoms with Gasteiger partial charge in [0.05, 0.1) is 0 Å². The van der Waals surface area contributed by atoms with Gasteiger partial charge in [-0.05, 0) is 41.1 Å². The number of carbonyl (C=O) groups excluding carboxylic acids is 1. The van der Waals surface area contributed by atoms with Crippen molar-refractivity contribution in [2.24, 2.45) is 0 Å². The number of rotatable bonds is 5. The second kappa shape index (κ2) is 6.27. The highest BCUT2D eigenvalue weighted by Gasteiger charge is 2.03. The molecular formula is C18H18N2O. The molecule has 3 rings (SSSR count). The van der Waals surface area contributed by atoms with Gasteiger partial charge >= 0.3 is 0 Å². The smallest absolute Gasteiger partial charge is 0.220 e. The van der Waals surface area contributed by atoms with Crippen molar-refractivity contribution >= 4 is 16.8 Å². The number of hydrogen-bond acceptors (Lipinski definition) is 1. The van der Waals surface area contributed by atoms with Gasteiger partial charge in [0.15, 0.2) is 0 Å². The highest BCUT2D eigenvalue weighted by molar-refractivity contribution is 5.80. The van der Waals surface area contributed by atoms with Gasteiger partial charge in [0.1, 0.15) is 0 Å². The van der Waals surface area contributed by atoms with Crippen molar-refractivity contribution in [3.05, 3.63) is 71.9 Å². The van der Waals surface area contributed by atoms with Crippen LogP contribution in [0.4, 0.5) is 0 Å². The summed E-state index contributed by atoms with van der Waals surface area (Å²) in [7, 11) is 0. The first kappa shape index (κ1) is 13.4. The Bertz CT molecular complexity index is 731. The molecule has 0 aliphatic carbocycles. The van der Waals surface area contributed by atoms with Crippen LogP contribution in [0.5, 0.6) is 0 Å². The lowest BCUT2D eigenvalue weighted by Gasteiger charge is -2.05. The number of benzene rings is 2. The van der Waals surface area contributed by atoms with Crippen molar-refractivity contribution in [1.29, 1.82) is 0 Å². The van der Waals surface area contributed by atoms with E-state index in [-0.39, 0.29) is 5.91 Å². The number of H-pyrrole nitrogens is 1. The zero-order valence-corrected chi connectivity index (χ0v) is 11.8. The molecule has 0 saturated heterocycles. The minimum absolute atomic E-state index is 0.0908. The summed E-state index contributed by atoms with van der Waals surface area (Å²) in [5, 5.41) is 4.15. The molecule has 3 nitrogen and oxygen atoms in total. The van der Waals surface area contributed by atoms with E-state index >= 15 is 0 Å². The molecule has 0 aliphatic rings. The van der Waals surface area contributed by atoms with Crippen molar-refractivity contribution in [1.82, 2.24) is 10.3 Å². The van der Waals surface area contributed by atoms with Gasteiger partial charge in [0.2, 0.25) is 5.91 Å². The summed E-state index contributed by atoms with van der Waals surface area (Å²) in [6.07, 6.45) is 3.21. The Morgan fingerprint density at radius 1 is 1.00 bits per heavy atom. The van der Waals surface area contributed by atoms with E-state index in [1.807, 2.05) is 42.6 Å². The van der Waals surface area contributed by atoms with Crippen LogP contribution in [0.15, 0.2) is 60.8 Å². The maximum atomic E-state index is 11.9. The normalized spacial score (nSPS) is 10.7. The third-order valence-corrected chi connectivity index (χ3v) is 3.59. The Labute approximate surface area is 124 Å². The topological polar surface area (TPSA) is 44.9 Å². The minimum Gasteiger partial charge on any atom is -0.361 e. The predicted octanol–water partition coefficient (Wildman–Crippen LogP) is 3.42. The fraction of sp³-hybridized carbons (Fsp3) is 0.167. The SMILES string of the molecule is O=C(CCc1ccc2[nH]ccc2c1)NCc1ccccc1. The molecule has 0 fully saturated rings. The molecule has 0 aliphatic heterocycles. The molecule has 0 spiro atoms. The van der Waals surface area contributed by atoms with Crippen molar-refractivity contribution in [2.75, 3.05) is 0 Å². The number of aryl methyl sites for hydroxylation is 1. The van der Waals surface area contributed by atoms with Gasteiger partial charge in [-0.1, -0.05) is 36.4 Å². The molecule has 1 amide bonds.